The molecule has 13 heteroatoms. The van der Waals surface area contributed by atoms with Gasteiger partial charge in [0.05, 0.1) is 0 Å². The molecule has 0 atom stereocenters. The van der Waals surface area contributed by atoms with E-state index in [1.54, 1.807) is 0 Å². The number of rotatable bonds is 0. The minimum Gasteiger partial charge on any atom is -0.412 e. The fourth-order valence-electron chi connectivity index (χ4n) is 0. The van der Waals surface area contributed by atoms with E-state index in [4.69, 9.17) is 28.4 Å². The first-order valence-electron chi connectivity index (χ1n) is 1.15. The summed E-state index contributed by atoms with van der Waals surface area (Å²) < 4.78 is 25.4. The molecule has 0 aliphatic heterocycles. The quantitative estimate of drug-likeness (QED) is 0.296. The van der Waals surface area contributed by atoms with Crippen LogP contribution in [0.25, 0.3) is 0 Å². The average molecular weight is 279 g/mol. The maximum Gasteiger partial charge on any atom is 1.00 e. The largest absolute Gasteiger partial charge is 1.00 e. The fraction of sp³-hybridized carbons (Fsp3) is 0. The molecule has 0 aliphatic rings. The number of hydrogen-bond donors (Lipinski definition) is 3. The van der Waals surface area contributed by atoms with Crippen LogP contribution in [0.1, 0.15) is 0 Å². The third-order valence-electron chi connectivity index (χ3n) is 0. The maximum atomic E-state index is 8.46. The molecule has 0 radical (unpaired) electrons. The van der Waals surface area contributed by atoms with Crippen molar-refractivity contribution >= 4 is 26.1 Å². The fourth-order valence-corrected chi connectivity index (χ4v) is 0. The molecule has 0 aromatic carbocycles. The van der Waals surface area contributed by atoms with Gasteiger partial charge < -0.3 is 20.2 Å². The van der Waals surface area contributed by atoms with E-state index in [1.807, 2.05) is 0 Å². The second-order valence-corrected chi connectivity index (χ2v) is 0.735. The zero-order chi connectivity index (χ0) is 8.12. The Labute approximate surface area is 146 Å². The van der Waals surface area contributed by atoms with E-state index in [-0.39, 0.29) is 94.1 Å². The zero-order valence-electron chi connectivity index (χ0n) is 7.41. The third kappa shape index (κ3) is 265. The molecular formula is H5Na3O7P3+3. The summed E-state index contributed by atoms with van der Waals surface area (Å²) in [5.74, 6) is 0. The Bertz CT molecular complexity index is 55.7. The Morgan fingerprint density at radius 3 is 0.615 bits per heavy atom. The first-order valence-corrected chi connectivity index (χ1v) is 3.44. The van der Waals surface area contributed by atoms with Gasteiger partial charge in [-0.1, -0.05) is 0 Å². The van der Waals surface area contributed by atoms with Gasteiger partial charge in [0.1, 0.15) is 0 Å². The summed E-state index contributed by atoms with van der Waals surface area (Å²) in [7, 11) is -2.50. The second kappa shape index (κ2) is 80.3. The first-order chi connectivity index (χ1) is 4.24. The molecule has 0 unspecified atom stereocenters. The minimum absolute atomic E-state index is 0. The van der Waals surface area contributed by atoms with Gasteiger partial charge >= 0.3 is 115 Å². The van der Waals surface area contributed by atoms with Crippen LogP contribution in [0.2, 0.25) is 0 Å². The van der Waals surface area contributed by atoms with Crippen LogP contribution in [0.4, 0.5) is 0 Å². The Morgan fingerprint density at radius 1 is 0.615 bits per heavy atom. The maximum absolute atomic E-state index is 8.46. The van der Waals surface area contributed by atoms with Crippen LogP contribution in [0.15, 0.2) is 0 Å². The molecule has 62 valence electrons. The summed E-state index contributed by atoms with van der Waals surface area (Å²) >= 11 is 0. The van der Waals surface area contributed by atoms with Crippen molar-refractivity contribution in [3.63, 3.8) is 0 Å². The molecular weight excluding hydrogens is 274 g/mol. The van der Waals surface area contributed by atoms with Gasteiger partial charge in [0, 0.05) is 0 Å². The molecule has 7 nitrogen and oxygen atoms in total. The van der Waals surface area contributed by atoms with Crippen molar-refractivity contribution < 1.29 is 123 Å². The monoisotopic (exact) mass is 279 g/mol. The molecule has 0 spiro atoms. The molecule has 0 rings (SSSR count). The molecule has 0 aliphatic carbocycles. The topological polar surface area (TPSA) is 143 Å². The van der Waals surface area contributed by atoms with Crippen molar-refractivity contribution in [3.05, 3.63) is 0 Å². The van der Waals surface area contributed by atoms with Crippen molar-refractivity contribution in [2.45, 2.75) is 0 Å². The Hall–Kier alpha value is 3.14. The molecule has 0 fully saturated rings. The van der Waals surface area contributed by atoms with E-state index in [1.165, 1.54) is 0 Å². The van der Waals surface area contributed by atoms with Crippen LogP contribution in [-0.2, 0) is 13.7 Å². The molecule has 0 amide bonds. The normalized spacial score (nSPS) is 4.85. The van der Waals surface area contributed by atoms with E-state index in [2.05, 4.69) is 0 Å². The van der Waals surface area contributed by atoms with Gasteiger partial charge in [-0.25, -0.2) is 13.7 Å². The number of hydrogen-bond acceptors (Lipinski definition) is 3. The smallest absolute Gasteiger partial charge is 0.412 e. The van der Waals surface area contributed by atoms with Crippen molar-refractivity contribution in [1.82, 2.24) is 0 Å². The van der Waals surface area contributed by atoms with Crippen LogP contribution in [0, 0.1) is 0 Å². The van der Waals surface area contributed by atoms with Crippen molar-refractivity contribution in [2.24, 2.45) is 0 Å². The molecule has 13 heavy (non-hydrogen) atoms. The van der Waals surface area contributed by atoms with Gasteiger partial charge in [-0.3, -0.25) is 0 Å². The Morgan fingerprint density at radius 2 is 0.615 bits per heavy atom. The second-order valence-electron chi connectivity index (χ2n) is 0.245. The summed E-state index contributed by atoms with van der Waals surface area (Å²) in [6.45, 7) is 0. The predicted molar refractivity (Wildman–Crippen MR) is 33.1 cm³/mol. The molecule has 0 saturated heterocycles. The molecule has 0 aromatic heterocycles. The summed E-state index contributed by atoms with van der Waals surface area (Å²) in [6.07, 6.45) is 0. The van der Waals surface area contributed by atoms with Gasteiger partial charge in [-0.05, 0) is 0 Å². The SMILES string of the molecule is O.O=PO.O=PO.O=PO.[Na+].[Na+].[Na+]. The minimum atomic E-state index is -0.833. The van der Waals surface area contributed by atoms with Gasteiger partial charge in [-0.15, -0.1) is 0 Å². The Kier molecular flexibility index (Phi) is 274. The van der Waals surface area contributed by atoms with E-state index in [0.29, 0.717) is 0 Å². The first kappa shape index (κ1) is 44.3. The summed E-state index contributed by atoms with van der Waals surface area (Å²) in [5.41, 5.74) is 0. The molecule has 0 saturated carbocycles. The van der Waals surface area contributed by atoms with Crippen LogP contribution in [0.5, 0.6) is 0 Å². The van der Waals surface area contributed by atoms with Crippen LogP contribution in [0.3, 0.4) is 0 Å². The third-order valence-corrected chi connectivity index (χ3v) is 0. The summed E-state index contributed by atoms with van der Waals surface area (Å²) in [5, 5.41) is 0. The average Bonchev–Trinajstić information content (AvgIpc) is 1.70. The van der Waals surface area contributed by atoms with Crippen molar-refractivity contribution in [1.29, 1.82) is 0 Å². The molecule has 0 aromatic rings. The molecule has 5 N–H and O–H groups in total. The van der Waals surface area contributed by atoms with Crippen LogP contribution in [-0.4, -0.2) is 20.2 Å². The molecule has 0 bridgehead atoms. The van der Waals surface area contributed by atoms with E-state index in [9.17, 15) is 0 Å². The van der Waals surface area contributed by atoms with Gasteiger partial charge in [0.25, 0.3) is 0 Å². The Balaban J connectivity index is -0.00000000720. The van der Waals surface area contributed by atoms with E-state index >= 15 is 0 Å². The summed E-state index contributed by atoms with van der Waals surface area (Å²) in [6, 6.07) is 0. The summed E-state index contributed by atoms with van der Waals surface area (Å²) in [4.78, 5) is 21.0. The van der Waals surface area contributed by atoms with Gasteiger partial charge in [0.2, 0.25) is 0 Å². The van der Waals surface area contributed by atoms with Gasteiger partial charge in [0.15, 0.2) is 0 Å². The molecule has 0 heterocycles. The predicted octanol–water partition coefficient (Wildman–Crippen LogP) is -9.26. The van der Waals surface area contributed by atoms with Crippen LogP contribution < -0.4 is 88.7 Å². The van der Waals surface area contributed by atoms with Crippen LogP contribution >= 0.6 is 26.1 Å². The van der Waals surface area contributed by atoms with E-state index < -0.39 is 26.1 Å². The van der Waals surface area contributed by atoms with Crippen molar-refractivity contribution in [3.8, 4) is 0 Å². The standard InChI is InChI=1S/3Na.3HO2P.H2O/c;;;3*1-3-2;/h;;;3*(H,1,2);1H2/q3*+1;;;;. The zero-order valence-corrected chi connectivity index (χ0v) is 16.1. The van der Waals surface area contributed by atoms with Crippen molar-refractivity contribution in [2.75, 3.05) is 0 Å². The van der Waals surface area contributed by atoms with E-state index in [0.717, 1.165) is 0 Å². The van der Waals surface area contributed by atoms with Gasteiger partial charge in [-0.2, -0.15) is 0 Å².